The van der Waals surface area contributed by atoms with E-state index in [9.17, 15) is 9.90 Å². The average molecular weight is 284 g/mol. The zero-order chi connectivity index (χ0) is 14.9. The van der Waals surface area contributed by atoms with Gasteiger partial charge in [0.25, 0.3) is 5.91 Å². The fraction of sp³-hybridized carbons (Fsp3) is 0.353. The van der Waals surface area contributed by atoms with E-state index in [1.807, 2.05) is 36.4 Å². The van der Waals surface area contributed by atoms with Crippen LogP contribution in [0.15, 0.2) is 42.6 Å². The SMILES string of the molecule is CC(O)(CNC(=O)c1[nH]ccc1C1CC1)c1ccccc1. The molecule has 4 heteroatoms. The summed E-state index contributed by atoms with van der Waals surface area (Å²) in [5, 5.41) is 13.3. The summed E-state index contributed by atoms with van der Waals surface area (Å²) in [6.07, 6.45) is 4.11. The first kappa shape index (κ1) is 13.9. The van der Waals surface area contributed by atoms with Gasteiger partial charge in [-0.05, 0) is 42.9 Å². The molecule has 0 bridgehead atoms. The number of aromatic nitrogens is 1. The summed E-state index contributed by atoms with van der Waals surface area (Å²) in [5.74, 6) is 0.365. The Kier molecular flexibility index (Phi) is 3.55. The van der Waals surface area contributed by atoms with Gasteiger partial charge in [0.15, 0.2) is 0 Å². The molecule has 1 atom stereocenters. The Morgan fingerprint density at radius 2 is 2.05 bits per heavy atom. The molecule has 2 aromatic rings. The molecule has 21 heavy (non-hydrogen) atoms. The molecule has 0 spiro atoms. The van der Waals surface area contributed by atoms with Crippen LogP contribution in [0.3, 0.4) is 0 Å². The monoisotopic (exact) mass is 284 g/mol. The van der Waals surface area contributed by atoms with Crippen LogP contribution in [-0.4, -0.2) is 22.5 Å². The Morgan fingerprint density at radius 3 is 2.71 bits per heavy atom. The van der Waals surface area contributed by atoms with Crippen LogP contribution in [0.2, 0.25) is 0 Å². The van der Waals surface area contributed by atoms with Crippen LogP contribution < -0.4 is 5.32 Å². The number of benzene rings is 1. The Hall–Kier alpha value is -2.07. The molecule has 1 fully saturated rings. The van der Waals surface area contributed by atoms with Gasteiger partial charge >= 0.3 is 0 Å². The predicted molar refractivity (Wildman–Crippen MR) is 81.1 cm³/mol. The standard InChI is InChI=1S/C17H20N2O2/c1-17(21,13-5-3-2-4-6-13)11-19-16(20)15-14(9-10-18-15)12-7-8-12/h2-6,9-10,12,18,21H,7-8,11H2,1H3,(H,19,20). The third kappa shape index (κ3) is 3.00. The summed E-state index contributed by atoms with van der Waals surface area (Å²) >= 11 is 0. The zero-order valence-corrected chi connectivity index (χ0v) is 12.1. The molecule has 4 nitrogen and oxygen atoms in total. The average Bonchev–Trinajstić information content (AvgIpc) is 3.23. The molecule has 0 radical (unpaired) electrons. The minimum Gasteiger partial charge on any atom is -0.384 e. The molecular weight excluding hydrogens is 264 g/mol. The second-order valence-corrected chi connectivity index (χ2v) is 5.90. The number of H-pyrrole nitrogens is 1. The van der Waals surface area contributed by atoms with Crippen LogP contribution in [0.25, 0.3) is 0 Å². The fourth-order valence-electron chi connectivity index (χ4n) is 2.55. The molecule has 1 aromatic heterocycles. The molecular formula is C17H20N2O2. The van der Waals surface area contributed by atoms with E-state index in [0.717, 1.165) is 24.0 Å². The van der Waals surface area contributed by atoms with Gasteiger partial charge in [-0.15, -0.1) is 0 Å². The van der Waals surface area contributed by atoms with Gasteiger partial charge < -0.3 is 15.4 Å². The van der Waals surface area contributed by atoms with E-state index in [4.69, 9.17) is 0 Å². The molecule has 1 amide bonds. The maximum absolute atomic E-state index is 12.3. The quantitative estimate of drug-likeness (QED) is 0.790. The zero-order valence-electron chi connectivity index (χ0n) is 12.1. The topological polar surface area (TPSA) is 65.1 Å². The molecule has 1 aliphatic rings. The molecule has 1 unspecified atom stereocenters. The Balaban J connectivity index is 1.67. The highest BCUT2D eigenvalue weighted by molar-refractivity contribution is 5.94. The van der Waals surface area contributed by atoms with E-state index in [1.165, 1.54) is 0 Å². The van der Waals surface area contributed by atoms with Crippen LogP contribution in [0.1, 0.15) is 47.3 Å². The molecule has 1 aliphatic carbocycles. The van der Waals surface area contributed by atoms with Crippen molar-refractivity contribution in [3.8, 4) is 0 Å². The summed E-state index contributed by atoms with van der Waals surface area (Å²) in [4.78, 5) is 15.3. The first-order chi connectivity index (χ1) is 10.1. The van der Waals surface area contributed by atoms with Crippen molar-refractivity contribution in [2.24, 2.45) is 0 Å². The van der Waals surface area contributed by atoms with Crippen molar-refractivity contribution in [3.05, 3.63) is 59.4 Å². The number of aromatic amines is 1. The van der Waals surface area contributed by atoms with Crippen molar-refractivity contribution in [3.63, 3.8) is 0 Å². The Morgan fingerprint density at radius 1 is 1.33 bits per heavy atom. The predicted octanol–water partition coefficient (Wildman–Crippen LogP) is 2.53. The Bertz CT molecular complexity index is 627. The van der Waals surface area contributed by atoms with Gasteiger partial charge in [0.05, 0.1) is 6.54 Å². The molecule has 110 valence electrons. The lowest BCUT2D eigenvalue weighted by atomic mass is 9.96. The number of carbonyl (C=O) groups excluding carboxylic acids is 1. The number of amides is 1. The fourth-order valence-corrected chi connectivity index (χ4v) is 2.55. The number of rotatable bonds is 5. The van der Waals surface area contributed by atoms with Crippen molar-refractivity contribution in [2.45, 2.75) is 31.3 Å². The van der Waals surface area contributed by atoms with Crippen molar-refractivity contribution >= 4 is 5.91 Å². The van der Waals surface area contributed by atoms with E-state index in [1.54, 1.807) is 13.1 Å². The molecule has 0 saturated heterocycles. The Labute approximate surface area is 124 Å². The van der Waals surface area contributed by atoms with E-state index < -0.39 is 5.60 Å². The summed E-state index contributed by atoms with van der Waals surface area (Å²) < 4.78 is 0. The lowest BCUT2D eigenvalue weighted by molar-refractivity contribution is 0.0525. The van der Waals surface area contributed by atoms with Gasteiger partial charge in [-0.1, -0.05) is 30.3 Å². The van der Waals surface area contributed by atoms with Crippen LogP contribution in [-0.2, 0) is 5.60 Å². The van der Waals surface area contributed by atoms with Gasteiger partial charge in [0.1, 0.15) is 11.3 Å². The molecule has 3 rings (SSSR count). The summed E-state index contributed by atoms with van der Waals surface area (Å²) in [7, 11) is 0. The molecule has 1 heterocycles. The van der Waals surface area contributed by atoms with Gasteiger partial charge in [-0.3, -0.25) is 4.79 Å². The number of hydrogen-bond acceptors (Lipinski definition) is 2. The second-order valence-electron chi connectivity index (χ2n) is 5.90. The number of nitrogens with one attached hydrogen (secondary N) is 2. The maximum Gasteiger partial charge on any atom is 0.268 e. The van der Waals surface area contributed by atoms with Crippen LogP contribution in [0.5, 0.6) is 0 Å². The summed E-state index contributed by atoms with van der Waals surface area (Å²) in [6.45, 7) is 1.89. The van der Waals surface area contributed by atoms with E-state index in [2.05, 4.69) is 10.3 Å². The summed E-state index contributed by atoms with van der Waals surface area (Å²) in [6, 6.07) is 11.3. The summed E-state index contributed by atoms with van der Waals surface area (Å²) in [5.41, 5.74) is 1.43. The van der Waals surface area contributed by atoms with Crippen LogP contribution in [0.4, 0.5) is 0 Å². The highest BCUT2D eigenvalue weighted by Gasteiger charge is 2.30. The third-order valence-electron chi connectivity index (χ3n) is 4.01. The van der Waals surface area contributed by atoms with E-state index in [0.29, 0.717) is 11.6 Å². The lowest BCUT2D eigenvalue weighted by Gasteiger charge is -2.24. The van der Waals surface area contributed by atoms with Crippen molar-refractivity contribution in [1.29, 1.82) is 0 Å². The van der Waals surface area contributed by atoms with Gasteiger partial charge in [0.2, 0.25) is 0 Å². The van der Waals surface area contributed by atoms with Crippen LogP contribution in [0, 0.1) is 0 Å². The highest BCUT2D eigenvalue weighted by atomic mass is 16.3. The van der Waals surface area contributed by atoms with Gasteiger partial charge in [0, 0.05) is 6.20 Å². The molecule has 3 N–H and O–H groups in total. The van der Waals surface area contributed by atoms with Crippen molar-refractivity contribution < 1.29 is 9.90 Å². The number of hydrogen-bond donors (Lipinski definition) is 3. The lowest BCUT2D eigenvalue weighted by Crippen LogP contribution is -2.39. The minimum absolute atomic E-state index is 0.155. The number of aliphatic hydroxyl groups is 1. The highest BCUT2D eigenvalue weighted by Crippen LogP contribution is 2.41. The largest absolute Gasteiger partial charge is 0.384 e. The molecule has 1 saturated carbocycles. The van der Waals surface area contributed by atoms with Gasteiger partial charge in [-0.25, -0.2) is 0 Å². The maximum atomic E-state index is 12.3. The van der Waals surface area contributed by atoms with Gasteiger partial charge in [-0.2, -0.15) is 0 Å². The smallest absolute Gasteiger partial charge is 0.268 e. The van der Waals surface area contributed by atoms with Crippen molar-refractivity contribution in [2.75, 3.05) is 6.54 Å². The normalized spacial score (nSPS) is 17.2. The first-order valence-electron chi connectivity index (χ1n) is 7.31. The third-order valence-corrected chi connectivity index (χ3v) is 4.01. The molecule has 1 aromatic carbocycles. The van der Waals surface area contributed by atoms with E-state index >= 15 is 0 Å². The molecule has 0 aliphatic heterocycles. The first-order valence-corrected chi connectivity index (χ1v) is 7.31. The number of carbonyl (C=O) groups is 1. The van der Waals surface area contributed by atoms with E-state index in [-0.39, 0.29) is 12.5 Å². The van der Waals surface area contributed by atoms with Crippen LogP contribution >= 0.6 is 0 Å². The van der Waals surface area contributed by atoms with Crippen molar-refractivity contribution in [1.82, 2.24) is 10.3 Å². The second kappa shape index (κ2) is 5.37. The minimum atomic E-state index is -1.08.